The van der Waals surface area contributed by atoms with Gasteiger partial charge >= 0.3 is 0 Å². The maximum absolute atomic E-state index is 14.1. The smallest absolute Gasteiger partial charge is 0.235 e. The molecule has 0 saturated heterocycles. The molecule has 0 spiro atoms. The van der Waals surface area contributed by atoms with Crippen molar-refractivity contribution < 1.29 is 8.78 Å². The molecule has 0 fully saturated rings. The van der Waals surface area contributed by atoms with Crippen LogP contribution >= 0.6 is 0 Å². The predicted molar refractivity (Wildman–Crippen MR) is 191 cm³/mol. The Morgan fingerprint density at radius 3 is 2.04 bits per heavy atom. The molecule has 0 saturated carbocycles. The van der Waals surface area contributed by atoms with Crippen molar-refractivity contribution in [3.8, 4) is 17.2 Å². The second-order valence-corrected chi connectivity index (χ2v) is 12.5. The molecular formula is C42H26F2N4. The van der Waals surface area contributed by atoms with E-state index in [2.05, 4.69) is 93.9 Å². The average molecular weight is 625 g/mol. The zero-order chi connectivity index (χ0) is 31.9. The van der Waals surface area contributed by atoms with Crippen LogP contribution in [0.25, 0.3) is 77.1 Å². The van der Waals surface area contributed by atoms with Crippen LogP contribution in [-0.2, 0) is 0 Å². The maximum atomic E-state index is 14.1. The fourth-order valence-corrected chi connectivity index (χ4v) is 7.56. The van der Waals surface area contributed by atoms with Gasteiger partial charge in [0, 0.05) is 38.4 Å². The highest BCUT2D eigenvalue weighted by Crippen LogP contribution is 2.41. The van der Waals surface area contributed by atoms with E-state index >= 15 is 0 Å². The van der Waals surface area contributed by atoms with Crippen molar-refractivity contribution in [2.45, 2.75) is 12.3 Å². The third-order valence-corrected chi connectivity index (χ3v) is 9.74. The Labute approximate surface area is 273 Å². The molecule has 0 amide bonds. The second-order valence-electron chi connectivity index (χ2n) is 12.5. The second kappa shape index (κ2) is 10.2. The van der Waals surface area contributed by atoms with Crippen LogP contribution in [0.1, 0.15) is 18.0 Å². The van der Waals surface area contributed by atoms with Gasteiger partial charge in [-0.25, -0.2) is 18.7 Å². The highest BCUT2D eigenvalue weighted by molar-refractivity contribution is 6.22. The first-order valence-corrected chi connectivity index (χ1v) is 16.1. The fraction of sp³-hybridized carbons (Fsp3) is 0.0476. The summed E-state index contributed by atoms with van der Waals surface area (Å²) < 4.78 is 32.6. The van der Waals surface area contributed by atoms with Crippen LogP contribution in [0.15, 0.2) is 145 Å². The summed E-state index contributed by atoms with van der Waals surface area (Å²) >= 11 is 0. The summed E-state index contributed by atoms with van der Waals surface area (Å²) in [5.74, 6) is -0.185. The average Bonchev–Trinajstić information content (AvgIpc) is 3.69. The van der Waals surface area contributed by atoms with Crippen molar-refractivity contribution >= 4 is 59.9 Å². The lowest BCUT2D eigenvalue weighted by molar-refractivity contribution is 0.628. The zero-order valence-electron chi connectivity index (χ0n) is 25.6. The van der Waals surface area contributed by atoms with Gasteiger partial charge in [0.25, 0.3) is 0 Å². The van der Waals surface area contributed by atoms with Crippen molar-refractivity contribution in [2.24, 2.45) is 0 Å². The van der Waals surface area contributed by atoms with Crippen LogP contribution in [0.4, 0.5) is 8.78 Å². The predicted octanol–water partition coefficient (Wildman–Crippen LogP) is 11.0. The number of fused-ring (bicyclic) bond motifs is 12. The van der Waals surface area contributed by atoms with Gasteiger partial charge in [-0.1, -0.05) is 78.9 Å². The van der Waals surface area contributed by atoms with Gasteiger partial charge in [-0.05, 0) is 72.5 Å². The van der Waals surface area contributed by atoms with Crippen LogP contribution in [0.2, 0.25) is 0 Å². The minimum atomic E-state index is -0.311. The van der Waals surface area contributed by atoms with Gasteiger partial charge in [0.1, 0.15) is 11.6 Å². The molecule has 48 heavy (non-hydrogen) atoms. The SMILES string of the molecule is FC1=CCC(c2cc(-c3ccc(F)cc3)nc(-n3c4ccccc4c4ccc5cc6c7ccccc7c7ccccc7n6c5c43)n2)C=C1. The molecular weight excluding hydrogens is 598 g/mol. The molecule has 4 nitrogen and oxygen atoms in total. The summed E-state index contributed by atoms with van der Waals surface area (Å²) in [5.41, 5.74) is 7.52. The molecule has 1 unspecified atom stereocenters. The topological polar surface area (TPSA) is 35.1 Å². The third-order valence-electron chi connectivity index (χ3n) is 9.74. The van der Waals surface area contributed by atoms with Gasteiger partial charge in [-0.3, -0.25) is 4.57 Å². The van der Waals surface area contributed by atoms with Gasteiger partial charge in [0.05, 0.1) is 39.0 Å². The van der Waals surface area contributed by atoms with Crippen LogP contribution in [-0.4, -0.2) is 18.9 Å². The number of hydrogen-bond acceptors (Lipinski definition) is 2. The quantitative estimate of drug-likeness (QED) is 0.183. The third kappa shape index (κ3) is 3.92. The van der Waals surface area contributed by atoms with E-state index in [0.717, 1.165) is 55.0 Å². The molecule has 0 radical (unpaired) electrons. The van der Waals surface area contributed by atoms with Gasteiger partial charge in [0.15, 0.2) is 0 Å². The summed E-state index contributed by atoms with van der Waals surface area (Å²) in [7, 11) is 0. The van der Waals surface area contributed by atoms with Crippen LogP contribution in [0.5, 0.6) is 0 Å². The summed E-state index contributed by atoms with van der Waals surface area (Å²) in [6.45, 7) is 0. The molecule has 6 heteroatoms. The number of para-hydroxylation sites is 2. The molecule has 5 aromatic carbocycles. The molecule has 228 valence electrons. The number of hydrogen-bond donors (Lipinski definition) is 0. The van der Waals surface area contributed by atoms with E-state index < -0.39 is 0 Å². The van der Waals surface area contributed by atoms with Crippen molar-refractivity contribution in [1.82, 2.24) is 18.9 Å². The Balaban J connectivity index is 1.37. The highest BCUT2D eigenvalue weighted by atomic mass is 19.1. The number of halogens is 2. The summed E-state index contributed by atoms with van der Waals surface area (Å²) in [6, 6.07) is 40.5. The molecule has 0 N–H and O–H groups in total. The van der Waals surface area contributed by atoms with Crippen molar-refractivity contribution in [2.75, 3.05) is 0 Å². The first kappa shape index (κ1) is 27.0. The molecule has 1 atom stereocenters. The molecule has 1 aliphatic rings. The van der Waals surface area contributed by atoms with Crippen LogP contribution in [0, 0.1) is 5.82 Å². The summed E-state index contributed by atoms with van der Waals surface area (Å²) in [4.78, 5) is 10.4. The molecule has 4 aromatic heterocycles. The van der Waals surface area contributed by atoms with E-state index in [0.29, 0.717) is 18.1 Å². The van der Waals surface area contributed by atoms with E-state index in [-0.39, 0.29) is 17.6 Å². The first-order valence-electron chi connectivity index (χ1n) is 16.1. The Morgan fingerprint density at radius 1 is 0.604 bits per heavy atom. The minimum Gasteiger partial charge on any atom is -0.307 e. The van der Waals surface area contributed by atoms with Crippen molar-refractivity contribution in [3.05, 3.63) is 157 Å². The Hall–Kier alpha value is -6.14. The Kier molecular flexibility index (Phi) is 5.73. The molecule has 1 aliphatic carbocycles. The minimum absolute atomic E-state index is 0.136. The lowest BCUT2D eigenvalue weighted by Gasteiger charge is -2.17. The fourth-order valence-electron chi connectivity index (χ4n) is 7.56. The van der Waals surface area contributed by atoms with Gasteiger partial charge < -0.3 is 4.40 Å². The number of rotatable bonds is 3. The molecule has 4 heterocycles. The largest absolute Gasteiger partial charge is 0.307 e. The first-order chi connectivity index (χ1) is 23.6. The number of pyridine rings is 1. The standard InChI is InChI=1S/C42H26F2N4/c43-28-18-13-25(14-19-28)35-24-36(26-15-20-29(44)21-16-26)46-42(45-35)48-38-12-6-4-10-33(38)34-22-17-27-23-39-32-9-2-1-7-30(32)31-8-3-5-11-37(31)47(39)40(27)41(34)48/h1-15,17-24,26H,16H2. The van der Waals surface area contributed by atoms with Crippen LogP contribution in [0.3, 0.4) is 0 Å². The summed E-state index contributed by atoms with van der Waals surface area (Å²) in [6.07, 6.45) is 5.44. The normalized spacial score (nSPS) is 15.0. The number of nitrogens with zero attached hydrogens (tertiary/aromatic N) is 4. The highest BCUT2D eigenvalue weighted by Gasteiger charge is 2.23. The van der Waals surface area contributed by atoms with Gasteiger partial charge in [-0.2, -0.15) is 0 Å². The van der Waals surface area contributed by atoms with E-state index in [4.69, 9.17) is 9.97 Å². The lowest BCUT2D eigenvalue weighted by Crippen LogP contribution is -2.09. The van der Waals surface area contributed by atoms with E-state index in [1.807, 2.05) is 18.2 Å². The molecule has 10 rings (SSSR count). The van der Waals surface area contributed by atoms with E-state index in [1.54, 1.807) is 18.2 Å². The van der Waals surface area contributed by atoms with E-state index in [1.165, 1.54) is 34.4 Å². The lowest BCUT2D eigenvalue weighted by atomic mass is 9.95. The van der Waals surface area contributed by atoms with Gasteiger partial charge in [-0.15, -0.1) is 0 Å². The van der Waals surface area contributed by atoms with Crippen LogP contribution < -0.4 is 0 Å². The molecule has 9 aromatic rings. The van der Waals surface area contributed by atoms with Crippen molar-refractivity contribution in [1.29, 1.82) is 0 Å². The van der Waals surface area contributed by atoms with Crippen molar-refractivity contribution in [3.63, 3.8) is 0 Å². The number of benzene rings is 5. The maximum Gasteiger partial charge on any atom is 0.235 e. The van der Waals surface area contributed by atoms with E-state index in [9.17, 15) is 8.78 Å². The molecule has 0 aliphatic heterocycles. The monoisotopic (exact) mass is 624 g/mol. The molecule has 0 bridgehead atoms. The van der Waals surface area contributed by atoms with Gasteiger partial charge in [0.2, 0.25) is 5.95 Å². The Morgan fingerprint density at radius 2 is 1.29 bits per heavy atom. The number of aromatic nitrogens is 4. The summed E-state index contributed by atoms with van der Waals surface area (Å²) in [5, 5.41) is 6.87. The number of allylic oxidation sites excluding steroid dienone is 4. The zero-order valence-corrected chi connectivity index (χ0v) is 25.6. The Bertz CT molecular complexity index is 2840.